The van der Waals surface area contributed by atoms with E-state index in [9.17, 15) is 5.26 Å². The highest BCUT2D eigenvalue weighted by Gasteiger charge is 2.43. The number of hydrogen-bond donors (Lipinski definition) is 1. The van der Waals surface area contributed by atoms with Crippen LogP contribution >= 0.6 is 7.26 Å². The third kappa shape index (κ3) is 4.29. The Balaban J connectivity index is 1.94. The van der Waals surface area contributed by atoms with Crippen LogP contribution in [0.1, 0.15) is 12.5 Å². The Hall–Kier alpha value is -3.66. The highest BCUT2D eigenvalue weighted by Crippen LogP contribution is 2.57. The average Bonchev–Trinajstić information content (AvgIpc) is 2.84. The number of nitriles is 1. The lowest BCUT2D eigenvalue weighted by Gasteiger charge is -2.25. The number of allylic oxidation sites excluding steroid dienone is 1. The molecule has 4 aromatic rings. The van der Waals surface area contributed by atoms with Crippen molar-refractivity contribution >= 4 is 28.9 Å². The van der Waals surface area contributed by atoms with E-state index in [0.717, 1.165) is 11.4 Å². The lowest BCUT2D eigenvalue weighted by Crippen LogP contribution is -2.30. The first-order chi connectivity index (χ1) is 15.2. The molecule has 0 aliphatic carbocycles. The lowest BCUT2D eigenvalue weighted by molar-refractivity contribution is 1.37. The van der Waals surface area contributed by atoms with Gasteiger partial charge in [0.2, 0.25) is 0 Å². The first kappa shape index (κ1) is 20.6. The molecule has 4 rings (SSSR count). The molecule has 0 spiro atoms. The second-order valence-corrected chi connectivity index (χ2v) is 10.6. The van der Waals surface area contributed by atoms with Crippen LogP contribution in [0.15, 0.2) is 127 Å². The standard InChI is InChI=1S/C28H24N2P/c1-23(30-28-20-12-11-13-24(28)21-29)22-31(25-14-5-2-6-15-25,26-16-7-3-8-17-26)27-18-9-4-10-19-27/h2-20,22,30H,1H3/q+1. The molecule has 150 valence electrons. The van der Waals surface area contributed by atoms with Crippen LogP contribution in [0.25, 0.3) is 0 Å². The second-order valence-electron chi connectivity index (χ2n) is 7.32. The molecule has 0 aliphatic heterocycles. The van der Waals surface area contributed by atoms with Gasteiger partial charge in [-0.25, -0.2) is 0 Å². The molecule has 0 saturated carbocycles. The van der Waals surface area contributed by atoms with Gasteiger partial charge in [-0.15, -0.1) is 0 Å². The number of rotatable bonds is 6. The van der Waals surface area contributed by atoms with E-state index >= 15 is 0 Å². The predicted octanol–water partition coefficient (Wildman–Crippen LogP) is 5.83. The van der Waals surface area contributed by atoms with Gasteiger partial charge in [0, 0.05) is 5.70 Å². The quantitative estimate of drug-likeness (QED) is 0.400. The minimum atomic E-state index is -2.08. The van der Waals surface area contributed by atoms with Gasteiger partial charge in [-0.2, -0.15) is 5.26 Å². The van der Waals surface area contributed by atoms with Crippen LogP contribution in [0.2, 0.25) is 0 Å². The molecule has 0 unspecified atom stereocenters. The van der Waals surface area contributed by atoms with Crippen molar-refractivity contribution in [1.29, 1.82) is 5.26 Å². The van der Waals surface area contributed by atoms with Crippen molar-refractivity contribution in [3.05, 3.63) is 132 Å². The van der Waals surface area contributed by atoms with E-state index in [4.69, 9.17) is 0 Å². The van der Waals surface area contributed by atoms with E-state index in [1.54, 1.807) is 0 Å². The third-order valence-corrected chi connectivity index (χ3v) is 9.37. The van der Waals surface area contributed by atoms with E-state index in [2.05, 4.69) is 115 Å². The molecule has 3 heteroatoms. The van der Waals surface area contributed by atoms with Crippen molar-refractivity contribution < 1.29 is 0 Å². The van der Waals surface area contributed by atoms with Crippen molar-refractivity contribution in [3.63, 3.8) is 0 Å². The Morgan fingerprint density at radius 3 is 1.55 bits per heavy atom. The van der Waals surface area contributed by atoms with Crippen LogP contribution in [0.4, 0.5) is 5.69 Å². The van der Waals surface area contributed by atoms with E-state index in [1.807, 2.05) is 24.3 Å². The lowest BCUT2D eigenvalue weighted by atomic mass is 10.2. The zero-order valence-corrected chi connectivity index (χ0v) is 18.3. The molecule has 2 nitrogen and oxygen atoms in total. The molecule has 0 fully saturated rings. The van der Waals surface area contributed by atoms with Gasteiger partial charge < -0.3 is 5.32 Å². The summed E-state index contributed by atoms with van der Waals surface area (Å²) in [5.41, 5.74) is 2.48. The first-order valence-corrected chi connectivity index (χ1v) is 12.1. The van der Waals surface area contributed by atoms with E-state index in [0.29, 0.717) is 5.56 Å². The van der Waals surface area contributed by atoms with Crippen molar-refractivity contribution in [2.24, 2.45) is 0 Å². The van der Waals surface area contributed by atoms with E-state index in [-0.39, 0.29) is 0 Å². The molecule has 0 radical (unpaired) electrons. The number of nitrogens with zero attached hydrogens (tertiary/aromatic N) is 1. The summed E-state index contributed by atoms with van der Waals surface area (Å²) >= 11 is 0. The van der Waals surface area contributed by atoms with Gasteiger partial charge in [-0.1, -0.05) is 66.7 Å². The van der Waals surface area contributed by atoms with Gasteiger partial charge in [-0.3, -0.25) is 0 Å². The van der Waals surface area contributed by atoms with Crippen molar-refractivity contribution in [2.75, 3.05) is 5.32 Å². The highest BCUT2D eigenvalue weighted by molar-refractivity contribution is 7.98. The van der Waals surface area contributed by atoms with Crippen LogP contribution in [-0.4, -0.2) is 0 Å². The number of benzene rings is 4. The third-order valence-electron chi connectivity index (χ3n) is 5.26. The van der Waals surface area contributed by atoms with Crippen molar-refractivity contribution in [2.45, 2.75) is 6.92 Å². The topological polar surface area (TPSA) is 35.8 Å². The zero-order chi connectivity index (χ0) is 21.5. The van der Waals surface area contributed by atoms with E-state index < -0.39 is 7.26 Å². The summed E-state index contributed by atoms with van der Waals surface area (Å²) in [5, 5.41) is 16.9. The maximum Gasteiger partial charge on any atom is 0.138 e. The Bertz CT molecular complexity index is 1110. The summed E-state index contributed by atoms with van der Waals surface area (Å²) in [6, 6.07) is 42.1. The molecule has 4 aromatic carbocycles. The molecule has 0 bridgehead atoms. The minimum absolute atomic E-state index is 0.637. The fourth-order valence-electron chi connectivity index (χ4n) is 3.88. The Morgan fingerprint density at radius 2 is 1.10 bits per heavy atom. The summed E-state index contributed by atoms with van der Waals surface area (Å²) in [6.45, 7) is 2.08. The summed E-state index contributed by atoms with van der Waals surface area (Å²) in [6.07, 6.45) is 0. The molecular weight excluding hydrogens is 395 g/mol. The van der Waals surface area contributed by atoms with Gasteiger partial charge in [0.05, 0.1) is 17.1 Å². The monoisotopic (exact) mass is 419 g/mol. The molecule has 0 aromatic heterocycles. The van der Waals surface area contributed by atoms with Gasteiger partial charge >= 0.3 is 0 Å². The average molecular weight is 419 g/mol. The minimum Gasteiger partial charge on any atom is -0.355 e. The van der Waals surface area contributed by atoms with Gasteiger partial charge in [0.1, 0.15) is 29.2 Å². The predicted molar refractivity (Wildman–Crippen MR) is 134 cm³/mol. The van der Waals surface area contributed by atoms with Crippen LogP contribution in [0, 0.1) is 11.3 Å². The molecule has 31 heavy (non-hydrogen) atoms. The maximum atomic E-state index is 9.50. The smallest absolute Gasteiger partial charge is 0.138 e. The molecule has 0 heterocycles. The van der Waals surface area contributed by atoms with Crippen molar-refractivity contribution in [1.82, 2.24) is 0 Å². The number of nitrogens with one attached hydrogen (secondary N) is 1. The van der Waals surface area contributed by atoms with Crippen LogP contribution in [0.5, 0.6) is 0 Å². The number of anilines is 1. The van der Waals surface area contributed by atoms with Gasteiger partial charge in [0.25, 0.3) is 0 Å². The first-order valence-electron chi connectivity index (χ1n) is 10.3. The summed E-state index contributed by atoms with van der Waals surface area (Å²) in [4.78, 5) is 0. The number of para-hydroxylation sites is 1. The molecule has 0 amide bonds. The zero-order valence-electron chi connectivity index (χ0n) is 17.4. The summed E-state index contributed by atoms with van der Waals surface area (Å²) < 4.78 is 0. The van der Waals surface area contributed by atoms with Crippen LogP contribution in [-0.2, 0) is 0 Å². The Labute approximate surface area is 184 Å². The SMILES string of the molecule is CC(=C[P+](c1ccccc1)(c1ccccc1)c1ccccc1)Nc1ccccc1C#N. The van der Waals surface area contributed by atoms with Crippen LogP contribution in [0.3, 0.4) is 0 Å². The van der Waals surface area contributed by atoms with Gasteiger partial charge in [0.15, 0.2) is 0 Å². The fourth-order valence-corrected chi connectivity index (χ4v) is 7.80. The Morgan fingerprint density at radius 1 is 0.677 bits per heavy atom. The van der Waals surface area contributed by atoms with Gasteiger partial charge in [-0.05, 0) is 55.5 Å². The van der Waals surface area contributed by atoms with E-state index in [1.165, 1.54) is 15.9 Å². The molecular formula is C28H24N2P+. The summed E-state index contributed by atoms with van der Waals surface area (Å²) in [7, 11) is -2.08. The normalized spacial score (nSPS) is 11.5. The van der Waals surface area contributed by atoms with Crippen molar-refractivity contribution in [3.8, 4) is 6.07 Å². The molecule has 1 N–H and O–H groups in total. The molecule has 0 aliphatic rings. The second kappa shape index (κ2) is 9.43. The molecule has 0 atom stereocenters. The maximum absolute atomic E-state index is 9.50. The Kier molecular flexibility index (Phi) is 6.27. The summed E-state index contributed by atoms with van der Waals surface area (Å²) in [5.74, 6) is 2.38. The fraction of sp³-hybridized carbons (Fsp3) is 0.0357. The van der Waals surface area contributed by atoms with Crippen LogP contribution < -0.4 is 21.2 Å². The highest BCUT2D eigenvalue weighted by atomic mass is 31.2. The molecule has 0 saturated heterocycles. The largest absolute Gasteiger partial charge is 0.355 e. The number of hydrogen-bond acceptors (Lipinski definition) is 2.